The molecule has 0 saturated carbocycles. The minimum absolute atomic E-state index is 0.121. The van der Waals surface area contributed by atoms with Gasteiger partial charge in [-0.2, -0.15) is 0 Å². The van der Waals surface area contributed by atoms with E-state index in [4.69, 9.17) is 4.74 Å². The number of thiophene rings is 1. The molecule has 0 fully saturated rings. The first-order valence-corrected chi connectivity index (χ1v) is 9.46. The molecule has 1 atom stereocenters. The first-order chi connectivity index (χ1) is 12.5. The number of amides is 1. The highest BCUT2D eigenvalue weighted by molar-refractivity contribution is 7.17. The number of quaternary nitrogens is 1. The number of carbonyl (C=O) groups excluding carboxylic acids is 2. The number of nitrogens with one attached hydrogen (secondary N) is 2. The van der Waals surface area contributed by atoms with Crippen LogP contribution in [0.1, 0.15) is 33.3 Å². The molecular weight excluding hydrogens is 355 g/mol. The molecule has 1 aromatic heterocycles. The predicted molar refractivity (Wildman–Crippen MR) is 98.2 cm³/mol. The molecule has 1 unspecified atom stereocenters. The second-order valence-electron chi connectivity index (χ2n) is 6.41. The van der Waals surface area contributed by atoms with Crippen molar-refractivity contribution in [3.63, 3.8) is 0 Å². The normalized spacial score (nSPS) is 16.0. The number of likely N-dealkylation sites (N-methyl/N-ethyl adjacent to an activating group) is 1. The smallest absolute Gasteiger partial charge is 0.341 e. The maximum absolute atomic E-state index is 13.0. The first kappa shape index (κ1) is 18.5. The summed E-state index contributed by atoms with van der Waals surface area (Å²) >= 11 is 1.45. The van der Waals surface area contributed by atoms with Crippen molar-refractivity contribution < 1.29 is 23.6 Å². The highest BCUT2D eigenvalue weighted by Gasteiger charge is 2.30. The van der Waals surface area contributed by atoms with Crippen LogP contribution in [0.15, 0.2) is 24.3 Å². The second-order valence-corrected chi connectivity index (χ2v) is 7.52. The molecule has 1 aliphatic rings. The monoisotopic (exact) mass is 377 g/mol. The van der Waals surface area contributed by atoms with Crippen LogP contribution < -0.4 is 10.2 Å². The van der Waals surface area contributed by atoms with Crippen molar-refractivity contribution in [3.8, 4) is 0 Å². The number of benzene rings is 1. The maximum Gasteiger partial charge on any atom is 0.341 e. The zero-order valence-electron chi connectivity index (χ0n) is 14.9. The molecule has 2 aromatic rings. The molecule has 0 saturated heterocycles. The van der Waals surface area contributed by atoms with E-state index in [0.29, 0.717) is 16.1 Å². The number of hydrogen-bond donors (Lipinski definition) is 2. The Bertz CT molecular complexity index is 817. The van der Waals surface area contributed by atoms with Gasteiger partial charge in [-0.15, -0.1) is 11.3 Å². The number of carbonyl (C=O) groups is 2. The number of hydrogen-bond acceptors (Lipinski definition) is 4. The summed E-state index contributed by atoms with van der Waals surface area (Å²) in [6.07, 6.45) is 0.913. The van der Waals surface area contributed by atoms with Crippen molar-refractivity contribution in [2.24, 2.45) is 0 Å². The summed E-state index contributed by atoms with van der Waals surface area (Å²) in [5.41, 5.74) is 2.20. The van der Waals surface area contributed by atoms with Crippen molar-refractivity contribution >= 4 is 28.2 Å². The summed E-state index contributed by atoms with van der Waals surface area (Å²) in [6, 6.07) is 5.82. The van der Waals surface area contributed by atoms with E-state index in [9.17, 15) is 14.0 Å². The lowest BCUT2D eigenvalue weighted by Gasteiger charge is -2.19. The molecule has 1 aromatic carbocycles. The summed E-state index contributed by atoms with van der Waals surface area (Å²) in [4.78, 5) is 27.4. The van der Waals surface area contributed by atoms with Crippen LogP contribution in [0, 0.1) is 5.82 Å². The zero-order valence-corrected chi connectivity index (χ0v) is 15.7. The molecule has 7 heteroatoms. The largest absolute Gasteiger partial charge is 0.462 e. The van der Waals surface area contributed by atoms with Gasteiger partial charge in [0.1, 0.15) is 17.4 Å². The van der Waals surface area contributed by atoms with E-state index in [-0.39, 0.29) is 30.7 Å². The molecule has 2 heterocycles. The minimum atomic E-state index is -0.387. The Kier molecular flexibility index (Phi) is 5.68. The predicted octanol–water partition coefficient (Wildman–Crippen LogP) is 1.82. The van der Waals surface area contributed by atoms with Gasteiger partial charge in [0.15, 0.2) is 0 Å². The van der Waals surface area contributed by atoms with Crippen LogP contribution >= 0.6 is 11.3 Å². The van der Waals surface area contributed by atoms with E-state index < -0.39 is 0 Å². The van der Waals surface area contributed by atoms with Crippen LogP contribution in [-0.2, 0) is 28.9 Å². The Hall–Kier alpha value is -2.25. The molecule has 3 rings (SSSR count). The minimum Gasteiger partial charge on any atom is -0.462 e. The first-order valence-electron chi connectivity index (χ1n) is 8.65. The summed E-state index contributed by atoms with van der Waals surface area (Å²) < 4.78 is 18.2. The molecule has 138 valence electrons. The van der Waals surface area contributed by atoms with E-state index in [0.717, 1.165) is 30.0 Å². The number of anilines is 1. The second kappa shape index (κ2) is 7.97. The van der Waals surface area contributed by atoms with E-state index in [1.165, 1.54) is 28.4 Å². The van der Waals surface area contributed by atoms with E-state index in [2.05, 4.69) is 12.4 Å². The average molecular weight is 377 g/mol. The number of esters is 1. The summed E-state index contributed by atoms with van der Waals surface area (Å²) in [5.74, 6) is -0.959. The van der Waals surface area contributed by atoms with Crippen LogP contribution in [0.3, 0.4) is 0 Å². The van der Waals surface area contributed by atoms with Crippen LogP contribution in [0.25, 0.3) is 0 Å². The molecule has 0 radical (unpaired) electrons. The van der Waals surface area contributed by atoms with Crippen molar-refractivity contribution in [3.05, 3.63) is 51.7 Å². The third-order valence-corrected chi connectivity index (χ3v) is 5.51. The van der Waals surface area contributed by atoms with Gasteiger partial charge in [-0.05, 0) is 30.2 Å². The Morgan fingerprint density at radius 3 is 2.73 bits per heavy atom. The molecule has 0 spiro atoms. The van der Waals surface area contributed by atoms with Gasteiger partial charge >= 0.3 is 5.97 Å². The molecular formula is C19H22FN2O3S+. The van der Waals surface area contributed by atoms with Gasteiger partial charge in [-0.3, -0.25) is 4.79 Å². The van der Waals surface area contributed by atoms with Crippen molar-refractivity contribution in [2.75, 3.05) is 25.5 Å². The lowest BCUT2D eigenvalue weighted by molar-refractivity contribution is -0.895. The number of ether oxygens (including phenoxy) is 1. The number of rotatable bonds is 5. The fourth-order valence-corrected chi connectivity index (χ4v) is 4.45. The van der Waals surface area contributed by atoms with Crippen LogP contribution in [-0.4, -0.2) is 32.1 Å². The van der Waals surface area contributed by atoms with Gasteiger partial charge in [-0.25, -0.2) is 9.18 Å². The molecule has 1 amide bonds. The van der Waals surface area contributed by atoms with Crippen molar-refractivity contribution in [2.45, 2.75) is 26.3 Å². The molecule has 5 nitrogen and oxygen atoms in total. The Morgan fingerprint density at radius 2 is 2.04 bits per heavy atom. The lowest BCUT2D eigenvalue weighted by atomic mass is 10.0. The molecule has 26 heavy (non-hydrogen) atoms. The Morgan fingerprint density at radius 1 is 1.31 bits per heavy atom. The fraction of sp³-hybridized carbons (Fsp3) is 0.368. The highest BCUT2D eigenvalue weighted by Crippen LogP contribution is 2.35. The standard InChI is InChI=1S/C19H21FN2O3S/c1-3-25-19(24)17-14-8-9-22(2)11-15(14)26-18(17)21-16(23)10-12-4-6-13(20)7-5-12/h4-7H,3,8-11H2,1-2H3,(H,21,23)/p+1. The molecule has 1 aliphatic heterocycles. The van der Waals surface area contributed by atoms with E-state index >= 15 is 0 Å². The maximum atomic E-state index is 13.0. The lowest BCUT2D eigenvalue weighted by Crippen LogP contribution is -3.08. The SMILES string of the molecule is CCOC(=O)c1c(NC(=O)Cc2ccc(F)cc2)sc2c1CC[NH+](C)C2. The van der Waals surface area contributed by atoms with Gasteiger partial charge in [0, 0.05) is 6.42 Å². The van der Waals surface area contributed by atoms with Gasteiger partial charge in [-0.1, -0.05) is 12.1 Å². The quantitative estimate of drug-likeness (QED) is 0.782. The van der Waals surface area contributed by atoms with Crippen LogP contribution in [0.2, 0.25) is 0 Å². The van der Waals surface area contributed by atoms with Gasteiger partial charge in [0.25, 0.3) is 0 Å². The van der Waals surface area contributed by atoms with Crippen molar-refractivity contribution in [1.29, 1.82) is 0 Å². The summed E-state index contributed by atoms with van der Waals surface area (Å²) in [6.45, 7) is 3.83. The summed E-state index contributed by atoms with van der Waals surface area (Å²) in [7, 11) is 2.11. The Balaban J connectivity index is 1.82. The fourth-order valence-electron chi connectivity index (χ4n) is 3.09. The molecule has 0 aliphatic carbocycles. The molecule has 2 N–H and O–H groups in total. The highest BCUT2D eigenvalue weighted by atomic mass is 32.1. The van der Waals surface area contributed by atoms with Gasteiger partial charge in [0.2, 0.25) is 5.91 Å². The van der Waals surface area contributed by atoms with Crippen LogP contribution in [0.5, 0.6) is 0 Å². The van der Waals surface area contributed by atoms with E-state index in [1.807, 2.05) is 0 Å². The van der Waals surface area contributed by atoms with E-state index in [1.54, 1.807) is 19.1 Å². The number of fused-ring (bicyclic) bond motifs is 1. The Labute approximate surface area is 155 Å². The van der Waals surface area contributed by atoms with Gasteiger partial charge in [0.05, 0.1) is 37.1 Å². The summed E-state index contributed by atoms with van der Waals surface area (Å²) in [5, 5.41) is 3.41. The molecule has 0 bridgehead atoms. The third-order valence-electron chi connectivity index (χ3n) is 4.37. The number of halogens is 1. The van der Waals surface area contributed by atoms with Crippen LogP contribution in [0.4, 0.5) is 9.39 Å². The van der Waals surface area contributed by atoms with Crippen molar-refractivity contribution in [1.82, 2.24) is 0 Å². The van der Waals surface area contributed by atoms with Gasteiger partial charge < -0.3 is 15.0 Å². The third kappa shape index (κ3) is 4.11. The zero-order chi connectivity index (χ0) is 18.7. The topological polar surface area (TPSA) is 59.8 Å². The average Bonchev–Trinajstić information content (AvgIpc) is 2.93.